The van der Waals surface area contributed by atoms with E-state index in [1.165, 1.54) is 50.1 Å². The van der Waals surface area contributed by atoms with E-state index in [1.54, 1.807) is 61.5 Å². The van der Waals surface area contributed by atoms with Crippen molar-refractivity contribution in [2.45, 2.75) is 208 Å². The van der Waals surface area contributed by atoms with Gasteiger partial charge in [-0.25, -0.2) is 0 Å². The summed E-state index contributed by atoms with van der Waals surface area (Å²) in [7, 11) is 0. The second-order valence-electron chi connectivity index (χ2n) is 33.9. The average Bonchev–Trinajstić information content (AvgIpc) is 1.66. The number of aromatic amines is 1. The van der Waals surface area contributed by atoms with Crippen molar-refractivity contribution in [3.8, 4) is 5.75 Å². The third-order valence-electron chi connectivity index (χ3n) is 22.4. The van der Waals surface area contributed by atoms with Crippen molar-refractivity contribution in [3.05, 3.63) is 102 Å². The highest BCUT2D eigenvalue weighted by atomic mass is 16.4. The summed E-state index contributed by atoms with van der Waals surface area (Å²) < 4.78 is 0. The molecule has 54 heteroatoms. The van der Waals surface area contributed by atoms with Gasteiger partial charge in [-0.05, 0) is 86.8 Å². The number of hydrogen-bond acceptors (Lipinski definition) is 29. The van der Waals surface area contributed by atoms with E-state index in [4.69, 9.17) is 5.73 Å². The van der Waals surface area contributed by atoms with Gasteiger partial charge in [0, 0.05) is 127 Å². The Morgan fingerprint density at radius 2 is 0.632 bits per heavy atom. The number of nitrogens with zero attached hydrogens (tertiary/aromatic N) is 4. The Balaban J connectivity index is 1.36. The van der Waals surface area contributed by atoms with Crippen LogP contribution in [0, 0.1) is 0 Å². The van der Waals surface area contributed by atoms with E-state index in [9.17, 15) is 171 Å². The number of aromatic hydroxyl groups is 1. The fraction of sp³-hybridized carbons (Fsp3) is 0.511. The smallest absolute Gasteiger partial charge is 0.317 e. The van der Waals surface area contributed by atoms with Crippen molar-refractivity contribution < 1.29 is 171 Å². The van der Waals surface area contributed by atoms with Crippen LogP contribution in [-0.2, 0) is 134 Å². The number of phenolic OH excluding ortho intramolecular Hbond substituents is 1. The number of unbranched alkanes of at least 4 members (excludes halogenated alkanes) is 1. The highest BCUT2D eigenvalue weighted by Gasteiger charge is 2.39. The number of H-pyrrole nitrogens is 1. The molecule has 27 N–H and O–H groups in total. The number of nitrogens with two attached hydrogens (primary N) is 1. The number of primary amides is 1. The minimum atomic E-state index is -2.18. The van der Waals surface area contributed by atoms with Crippen LogP contribution in [0.2, 0.25) is 0 Å². The number of benzene rings is 3. The summed E-state index contributed by atoms with van der Waals surface area (Å²) in [5.74, 6) is -32.5. The predicted octanol–water partition coefficient (Wildman–Crippen LogP) is -6.33. The van der Waals surface area contributed by atoms with E-state index < -0.39 is 338 Å². The molecule has 12 unspecified atom stereocenters. The number of para-hydroxylation sites is 1. The standard InChI is InChI=1S/C90H123N19O35/c1-3-4-13-56(83(137)105-66(42-75(125)126)90(144)103-63(79(91)133)39-50-10-6-5-7-11-50)97-89(143)65(41-52-43-92-55-14-9-8-12-54(52)55)96-67(111)44-93-81(135)64(40-51-15-17-53(110)18-16-51)104-80(134)49(2)94-82(136)58(20-26-70(115)116)98-85(139)60(22-28-72(119)120)100-87(141)62(24-30-74(123)124)102-88(142)61(23-29-73(121)122)101-86(140)59(21-27-71(117)118)99-84(138)57(19-25-69(113)114)95-68(112)45-106-31-33-107(46-76(127)128)35-37-109(48-78(131)132)38-36-108(34-32-106)47-77(129)130/h5-12,14-18,43,49,56-66,92,110H,3-4,13,19-42,44-48H2,1-2H3,(H2,91,133)(H,93,135)(H,94,136)(H,95,112)(H,96,111)(H,97,143)(H,98,139)(H,99,138)(H,100,141)(H,101,140)(H,102,142)(H,103,144)(H,104,134)(H,105,137)(H,113,114)(H,115,116)(H,117,118)(H,119,120)(H,121,122)(H,123,124)(H,125,126)(H,127,128)(H,129,130)(H,131,132). The number of amides is 14. The van der Waals surface area contributed by atoms with Gasteiger partial charge in [0.25, 0.3) is 0 Å². The van der Waals surface area contributed by atoms with Crippen LogP contribution in [0.15, 0.2) is 85.1 Å². The zero-order chi connectivity index (χ0) is 107. The molecule has 788 valence electrons. The van der Waals surface area contributed by atoms with Crippen LogP contribution in [0.25, 0.3) is 10.9 Å². The number of carboxylic acid groups (broad SMARTS) is 10. The molecule has 1 aromatic heterocycles. The van der Waals surface area contributed by atoms with Crippen LogP contribution in [0.5, 0.6) is 5.75 Å². The molecule has 3 aromatic carbocycles. The van der Waals surface area contributed by atoms with Crippen LogP contribution in [0.3, 0.4) is 0 Å². The molecule has 0 aliphatic carbocycles. The normalized spacial score (nSPS) is 15.2. The Hall–Kier alpha value is -15.9. The quantitative estimate of drug-likeness (QED) is 0.0195. The number of carbonyl (C=O) groups is 24. The molecule has 0 bridgehead atoms. The Morgan fingerprint density at radius 3 is 1.01 bits per heavy atom. The number of carboxylic acids is 10. The van der Waals surface area contributed by atoms with E-state index >= 15 is 0 Å². The third-order valence-corrected chi connectivity index (χ3v) is 22.4. The van der Waals surface area contributed by atoms with Gasteiger partial charge in [-0.1, -0.05) is 80.4 Å². The zero-order valence-corrected chi connectivity index (χ0v) is 78.7. The second-order valence-corrected chi connectivity index (χ2v) is 33.9. The van der Waals surface area contributed by atoms with Crippen LogP contribution >= 0.6 is 0 Å². The molecule has 2 heterocycles. The molecule has 1 aliphatic heterocycles. The van der Waals surface area contributed by atoms with E-state index in [-0.39, 0.29) is 89.4 Å². The van der Waals surface area contributed by atoms with Gasteiger partial charge in [0.05, 0.1) is 39.1 Å². The van der Waals surface area contributed by atoms with E-state index in [0.29, 0.717) is 28.5 Å². The van der Waals surface area contributed by atoms with Gasteiger partial charge in [-0.3, -0.25) is 135 Å². The first kappa shape index (κ1) is 119. The first-order valence-electron chi connectivity index (χ1n) is 45.7. The van der Waals surface area contributed by atoms with Crippen LogP contribution in [0.4, 0.5) is 0 Å². The lowest BCUT2D eigenvalue weighted by Gasteiger charge is -2.33. The molecule has 1 saturated heterocycles. The summed E-state index contributed by atoms with van der Waals surface area (Å²) in [6.45, 7) is -0.799. The Bertz CT molecular complexity index is 5170. The summed E-state index contributed by atoms with van der Waals surface area (Å²) in [6, 6.07) is -2.15. The molecule has 1 aliphatic rings. The maximum Gasteiger partial charge on any atom is 0.317 e. The Kier molecular flexibility index (Phi) is 50.2. The number of hydrogen-bond donors (Lipinski definition) is 26. The van der Waals surface area contributed by atoms with Crippen LogP contribution in [0.1, 0.15) is 133 Å². The average molecular weight is 2030 g/mol. The predicted molar refractivity (Wildman–Crippen MR) is 497 cm³/mol. The van der Waals surface area contributed by atoms with E-state index in [2.05, 4.69) is 74.1 Å². The lowest BCUT2D eigenvalue weighted by Crippen LogP contribution is -2.60. The van der Waals surface area contributed by atoms with Gasteiger partial charge in [0.1, 0.15) is 78.3 Å². The largest absolute Gasteiger partial charge is 0.508 e. The molecule has 0 radical (unpaired) electrons. The first-order chi connectivity index (χ1) is 68.0. The summed E-state index contributed by atoms with van der Waals surface area (Å²) in [5.41, 5.74) is 7.49. The molecule has 5 rings (SSSR count). The number of rotatable bonds is 63. The number of fused-ring (bicyclic) bond motifs is 1. The number of nitrogens with one attached hydrogen (secondary N) is 14. The summed E-state index contributed by atoms with van der Waals surface area (Å²) in [6.07, 6.45) is -10.8. The summed E-state index contributed by atoms with van der Waals surface area (Å²) >= 11 is 0. The van der Waals surface area contributed by atoms with Gasteiger partial charge >= 0.3 is 59.7 Å². The molecule has 54 nitrogen and oxygen atoms in total. The van der Waals surface area contributed by atoms with Gasteiger partial charge in [0.15, 0.2) is 0 Å². The first-order valence-corrected chi connectivity index (χ1v) is 45.7. The van der Waals surface area contributed by atoms with E-state index in [1.807, 2.05) is 0 Å². The Labute approximate surface area is 821 Å². The molecule has 12 atom stereocenters. The van der Waals surface area contributed by atoms with Crippen molar-refractivity contribution in [1.82, 2.24) is 93.7 Å². The maximum atomic E-state index is 14.7. The topological polar surface area (TPSA) is 843 Å². The third kappa shape index (κ3) is 45.1. The molecule has 4 aromatic rings. The van der Waals surface area contributed by atoms with Crippen molar-refractivity contribution in [1.29, 1.82) is 0 Å². The zero-order valence-electron chi connectivity index (χ0n) is 78.7. The lowest BCUT2D eigenvalue weighted by atomic mass is 10.0. The minimum Gasteiger partial charge on any atom is -0.508 e. The van der Waals surface area contributed by atoms with Crippen LogP contribution < -0.4 is 74.9 Å². The molecule has 0 saturated carbocycles. The lowest BCUT2D eigenvalue weighted by molar-refractivity contribution is -0.141. The minimum absolute atomic E-state index is 0.0133. The fourth-order valence-electron chi connectivity index (χ4n) is 14.8. The fourth-order valence-corrected chi connectivity index (χ4v) is 14.8. The Morgan fingerprint density at radius 1 is 0.319 bits per heavy atom. The monoisotopic (exact) mass is 2030 g/mol. The molecule has 14 amide bonds. The second kappa shape index (κ2) is 61.0. The van der Waals surface area contributed by atoms with Gasteiger partial charge in [-0.15, -0.1) is 0 Å². The molecule has 1 fully saturated rings. The van der Waals surface area contributed by atoms with Crippen molar-refractivity contribution in [3.63, 3.8) is 0 Å². The number of carbonyl (C=O) groups excluding carboxylic acids is 14. The molecule has 144 heavy (non-hydrogen) atoms. The van der Waals surface area contributed by atoms with Crippen molar-refractivity contribution >= 4 is 153 Å². The number of aliphatic carboxylic acids is 10. The summed E-state index contributed by atoms with van der Waals surface area (Å²) in [4.78, 5) is 328. The van der Waals surface area contributed by atoms with Gasteiger partial charge < -0.3 is 136 Å². The molecular weight excluding hydrogens is 1910 g/mol. The summed E-state index contributed by atoms with van der Waals surface area (Å²) in [5, 5.41) is 138. The molecular formula is C90H123N19O35. The van der Waals surface area contributed by atoms with Crippen molar-refractivity contribution in [2.24, 2.45) is 5.73 Å². The van der Waals surface area contributed by atoms with Crippen molar-refractivity contribution in [2.75, 3.05) is 85.1 Å². The molecule has 0 spiro atoms. The number of phenols is 1. The van der Waals surface area contributed by atoms with Gasteiger partial charge in [0.2, 0.25) is 82.7 Å². The highest BCUT2D eigenvalue weighted by molar-refractivity contribution is 6.01. The van der Waals surface area contributed by atoms with E-state index in [0.717, 1.165) is 6.92 Å². The highest BCUT2D eigenvalue weighted by Crippen LogP contribution is 2.21. The number of aromatic nitrogens is 1. The van der Waals surface area contributed by atoms with Crippen LogP contribution in [-0.4, -0.2) is 381 Å². The maximum absolute atomic E-state index is 14.7. The SMILES string of the molecule is CCCCC(NC(=O)C(Cc1c[nH]c2ccccc12)NC(=O)CNC(=O)C(Cc1ccc(O)cc1)NC(=O)C(C)NC(=O)C(CCC(=O)O)NC(=O)C(CCC(=O)O)NC(=O)C(CCC(=O)O)NC(=O)C(CCC(=O)O)NC(=O)C(CCC(=O)O)NC(=O)C(CCC(=O)O)NC(=O)CN1CCN(CC(=O)O)CCN(CC(=O)O)CCN(CC(=O)O)CC1)C(=O)NC(CC(=O)O)C(=O)NC(Cc1ccccc1)C(N)=O. The van der Waals surface area contributed by atoms with Gasteiger partial charge in [-0.2, -0.15) is 0 Å².